The van der Waals surface area contributed by atoms with E-state index < -0.39 is 0 Å². The maximum absolute atomic E-state index is 5.72. The van der Waals surface area contributed by atoms with Gasteiger partial charge < -0.3 is 10.1 Å². The Morgan fingerprint density at radius 1 is 1.08 bits per heavy atom. The predicted molar refractivity (Wildman–Crippen MR) is 51.2 cm³/mol. The van der Waals surface area contributed by atoms with Gasteiger partial charge >= 0.3 is 0 Å². The van der Waals surface area contributed by atoms with E-state index in [1.807, 2.05) is 0 Å². The van der Waals surface area contributed by atoms with Gasteiger partial charge in [-0.05, 0) is 19.8 Å². The third kappa shape index (κ3) is 1.99. The summed E-state index contributed by atoms with van der Waals surface area (Å²) in [5.74, 6) is 0.627. The van der Waals surface area contributed by atoms with Crippen LogP contribution in [0, 0.1) is 5.92 Å². The predicted octanol–water partition coefficient (Wildman–Crippen LogP) is 1.80. The molecule has 1 aliphatic rings. The van der Waals surface area contributed by atoms with Gasteiger partial charge in [0, 0.05) is 12.1 Å². The molecule has 0 spiro atoms. The van der Waals surface area contributed by atoms with Crippen molar-refractivity contribution in [3.8, 4) is 0 Å². The van der Waals surface area contributed by atoms with Crippen molar-refractivity contribution >= 4 is 0 Å². The van der Waals surface area contributed by atoms with Crippen molar-refractivity contribution in [3.63, 3.8) is 0 Å². The third-order valence-electron chi connectivity index (χ3n) is 2.77. The molecule has 0 radical (unpaired) electrons. The summed E-state index contributed by atoms with van der Waals surface area (Å²) < 4.78 is 5.72. The summed E-state index contributed by atoms with van der Waals surface area (Å²) in [4.78, 5) is 0. The topological polar surface area (TPSA) is 21.3 Å². The Balaban J connectivity index is 2.51. The highest BCUT2D eigenvalue weighted by molar-refractivity contribution is 4.89. The smallest absolute Gasteiger partial charge is 0.0707 e. The van der Waals surface area contributed by atoms with E-state index >= 15 is 0 Å². The fourth-order valence-corrected chi connectivity index (χ4v) is 1.94. The summed E-state index contributed by atoms with van der Waals surface area (Å²) in [5.41, 5.74) is 0. The first-order valence-corrected chi connectivity index (χ1v) is 4.94. The lowest BCUT2D eigenvalue weighted by Crippen LogP contribution is -2.43. The molecular weight excluding hydrogens is 150 g/mol. The molecule has 4 atom stereocenters. The fourth-order valence-electron chi connectivity index (χ4n) is 1.94. The highest BCUT2D eigenvalue weighted by Gasteiger charge is 2.36. The average Bonchev–Trinajstić information content (AvgIpc) is 2.16. The van der Waals surface area contributed by atoms with E-state index in [4.69, 9.17) is 4.74 Å². The number of rotatable bonds is 2. The van der Waals surface area contributed by atoms with Crippen LogP contribution in [0.15, 0.2) is 0 Å². The number of nitrogens with one attached hydrogen (secondary N) is 1. The Morgan fingerprint density at radius 2 is 1.67 bits per heavy atom. The lowest BCUT2D eigenvalue weighted by atomic mass is 9.96. The van der Waals surface area contributed by atoms with Crippen molar-refractivity contribution in [3.05, 3.63) is 0 Å². The molecule has 0 bridgehead atoms. The quantitative estimate of drug-likeness (QED) is 0.684. The lowest BCUT2D eigenvalue weighted by molar-refractivity contribution is 0.0536. The van der Waals surface area contributed by atoms with Crippen molar-refractivity contribution in [1.29, 1.82) is 0 Å². The zero-order valence-electron chi connectivity index (χ0n) is 8.79. The minimum Gasteiger partial charge on any atom is -0.374 e. The summed E-state index contributed by atoms with van der Waals surface area (Å²) in [6, 6.07) is 1.08. The molecule has 2 heteroatoms. The SMILES string of the molecule is CC(C)NC1C(C)OC(C)C1C. The Morgan fingerprint density at radius 3 is 2.00 bits per heavy atom. The second-order valence-corrected chi connectivity index (χ2v) is 4.25. The van der Waals surface area contributed by atoms with Gasteiger partial charge in [0.15, 0.2) is 0 Å². The van der Waals surface area contributed by atoms with Gasteiger partial charge in [-0.25, -0.2) is 0 Å². The van der Waals surface area contributed by atoms with Crippen molar-refractivity contribution in [2.75, 3.05) is 0 Å². The van der Waals surface area contributed by atoms with E-state index in [1.165, 1.54) is 0 Å². The fraction of sp³-hybridized carbons (Fsp3) is 1.00. The molecule has 4 unspecified atom stereocenters. The molecule has 72 valence electrons. The van der Waals surface area contributed by atoms with E-state index in [0.29, 0.717) is 30.2 Å². The maximum Gasteiger partial charge on any atom is 0.0707 e. The minimum absolute atomic E-state index is 0.359. The summed E-state index contributed by atoms with van der Waals surface area (Å²) in [6.07, 6.45) is 0.758. The number of ether oxygens (including phenoxy) is 1. The molecule has 1 fully saturated rings. The molecule has 0 aromatic heterocycles. The molecule has 2 nitrogen and oxygen atoms in total. The van der Waals surface area contributed by atoms with E-state index in [2.05, 4.69) is 39.9 Å². The molecule has 12 heavy (non-hydrogen) atoms. The first kappa shape index (κ1) is 10.0. The van der Waals surface area contributed by atoms with Crippen LogP contribution < -0.4 is 5.32 Å². The second-order valence-electron chi connectivity index (χ2n) is 4.25. The van der Waals surface area contributed by atoms with Gasteiger partial charge in [-0.1, -0.05) is 20.8 Å². The Hall–Kier alpha value is -0.0800. The minimum atomic E-state index is 0.359. The molecule has 0 amide bonds. The monoisotopic (exact) mass is 171 g/mol. The normalized spacial score (nSPS) is 42.5. The zero-order chi connectivity index (χ0) is 9.30. The Labute approximate surface area is 75.7 Å². The summed E-state index contributed by atoms with van der Waals surface area (Å²) in [7, 11) is 0. The first-order chi connectivity index (χ1) is 5.52. The Bertz CT molecular complexity index is 147. The van der Waals surface area contributed by atoms with Crippen LogP contribution in [0.2, 0.25) is 0 Å². The molecule has 0 aromatic rings. The van der Waals surface area contributed by atoms with Crippen LogP contribution in [0.3, 0.4) is 0 Å². The lowest BCUT2D eigenvalue weighted by Gasteiger charge is -2.22. The van der Waals surface area contributed by atoms with E-state index in [0.717, 1.165) is 0 Å². The molecule has 1 aliphatic heterocycles. The van der Waals surface area contributed by atoms with Crippen LogP contribution in [0.4, 0.5) is 0 Å². The molecule has 0 aromatic carbocycles. The first-order valence-electron chi connectivity index (χ1n) is 4.94. The van der Waals surface area contributed by atoms with Gasteiger partial charge in [-0.3, -0.25) is 0 Å². The van der Waals surface area contributed by atoms with E-state index in [9.17, 15) is 0 Å². The summed E-state index contributed by atoms with van der Waals surface area (Å²) >= 11 is 0. The second kappa shape index (κ2) is 3.75. The Kier molecular flexibility index (Phi) is 3.13. The maximum atomic E-state index is 5.72. The third-order valence-corrected chi connectivity index (χ3v) is 2.77. The van der Waals surface area contributed by atoms with Gasteiger partial charge in [-0.2, -0.15) is 0 Å². The number of hydrogen-bond acceptors (Lipinski definition) is 2. The van der Waals surface area contributed by atoms with Crippen molar-refractivity contribution in [1.82, 2.24) is 5.32 Å². The highest BCUT2D eigenvalue weighted by atomic mass is 16.5. The van der Waals surface area contributed by atoms with Crippen molar-refractivity contribution in [2.45, 2.75) is 58.9 Å². The molecular formula is C10H21NO. The number of hydrogen-bond donors (Lipinski definition) is 1. The summed E-state index contributed by atoms with van der Waals surface area (Å²) in [6.45, 7) is 10.9. The largest absolute Gasteiger partial charge is 0.374 e. The van der Waals surface area contributed by atoms with Crippen molar-refractivity contribution < 1.29 is 4.74 Å². The van der Waals surface area contributed by atoms with Crippen LogP contribution in [0.1, 0.15) is 34.6 Å². The van der Waals surface area contributed by atoms with Gasteiger partial charge in [0.25, 0.3) is 0 Å². The molecule has 0 aliphatic carbocycles. The van der Waals surface area contributed by atoms with Gasteiger partial charge in [0.05, 0.1) is 12.2 Å². The zero-order valence-corrected chi connectivity index (χ0v) is 8.79. The van der Waals surface area contributed by atoms with Gasteiger partial charge in [0.2, 0.25) is 0 Å². The van der Waals surface area contributed by atoms with Crippen molar-refractivity contribution in [2.24, 2.45) is 5.92 Å². The average molecular weight is 171 g/mol. The molecule has 1 rings (SSSR count). The van der Waals surface area contributed by atoms with Crippen LogP contribution in [-0.4, -0.2) is 24.3 Å². The van der Waals surface area contributed by atoms with Crippen LogP contribution >= 0.6 is 0 Å². The molecule has 1 N–H and O–H groups in total. The van der Waals surface area contributed by atoms with E-state index in [-0.39, 0.29) is 0 Å². The highest BCUT2D eigenvalue weighted by Crippen LogP contribution is 2.26. The van der Waals surface area contributed by atoms with Gasteiger partial charge in [-0.15, -0.1) is 0 Å². The summed E-state index contributed by atoms with van der Waals surface area (Å²) in [5, 5.41) is 3.55. The standard InChI is InChI=1S/C10H21NO/c1-6(2)11-10-7(3)8(4)12-9(10)5/h6-11H,1-5H3. The van der Waals surface area contributed by atoms with Crippen LogP contribution in [0.5, 0.6) is 0 Å². The van der Waals surface area contributed by atoms with Gasteiger partial charge in [0.1, 0.15) is 0 Å². The van der Waals surface area contributed by atoms with Crippen LogP contribution in [0.25, 0.3) is 0 Å². The van der Waals surface area contributed by atoms with E-state index in [1.54, 1.807) is 0 Å². The molecule has 0 saturated carbocycles. The van der Waals surface area contributed by atoms with Crippen LogP contribution in [-0.2, 0) is 4.74 Å². The molecule has 1 saturated heterocycles. The molecule has 1 heterocycles.